The molecule has 0 unspecified atom stereocenters. The third-order valence-corrected chi connectivity index (χ3v) is 4.52. The highest BCUT2D eigenvalue weighted by molar-refractivity contribution is 5.76. The summed E-state index contributed by atoms with van der Waals surface area (Å²) in [6.07, 6.45) is 5.64. The average Bonchev–Trinajstić information content (AvgIpc) is 3.05. The van der Waals surface area contributed by atoms with Gasteiger partial charge in [-0.15, -0.1) is 0 Å². The number of carbonyl (C=O) groups excluding carboxylic acids is 1. The molecule has 0 saturated heterocycles. The molecule has 23 heavy (non-hydrogen) atoms. The lowest BCUT2D eigenvalue weighted by Gasteiger charge is -2.29. The van der Waals surface area contributed by atoms with Crippen LogP contribution in [-0.2, 0) is 11.2 Å². The molecule has 3 rings (SSSR count). The Morgan fingerprint density at radius 3 is 2.83 bits per heavy atom. The molecule has 0 radical (unpaired) electrons. The van der Waals surface area contributed by atoms with Gasteiger partial charge in [0.1, 0.15) is 0 Å². The predicted molar refractivity (Wildman–Crippen MR) is 87.6 cm³/mol. The van der Waals surface area contributed by atoms with Crippen molar-refractivity contribution >= 4 is 5.91 Å². The minimum atomic E-state index is 0.0724. The van der Waals surface area contributed by atoms with Crippen molar-refractivity contribution in [2.45, 2.75) is 51.5 Å². The lowest BCUT2D eigenvalue weighted by atomic mass is 9.86. The molecule has 1 amide bonds. The number of amides is 1. The van der Waals surface area contributed by atoms with Gasteiger partial charge in [-0.05, 0) is 18.8 Å². The summed E-state index contributed by atoms with van der Waals surface area (Å²) in [6.45, 7) is 2.22. The molecule has 1 heterocycles. The lowest BCUT2D eigenvalue weighted by molar-refractivity contribution is -0.122. The Labute approximate surface area is 136 Å². The van der Waals surface area contributed by atoms with E-state index in [1.165, 1.54) is 19.3 Å². The van der Waals surface area contributed by atoms with Crippen molar-refractivity contribution in [1.29, 1.82) is 0 Å². The Morgan fingerprint density at radius 2 is 2.04 bits per heavy atom. The number of rotatable bonds is 5. The second-order valence-corrected chi connectivity index (χ2v) is 6.31. The summed E-state index contributed by atoms with van der Waals surface area (Å²) in [7, 11) is 0. The van der Waals surface area contributed by atoms with Crippen LogP contribution >= 0.6 is 0 Å². The molecular formula is C18H23N3O2. The molecule has 2 atom stereocenters. The number of hydrogen-bond donors (Lipinski definition) is 1. The fourth-order valence-electron chi connectivity index (χ4n) is 3.09. The van der Waals surface area contributed by atoms with Crippen molar-refractivity contribution in [2.24, 2.45) is 5.92 Å². The van der Waals surface area contributed by atoms with Gasteiger partial charge in [0.05, 0.1) is 0 Å². The highest BCUT2D eigenvalue weighted by atomic mass is 16.5. The largest absolute Gasteiger partial charge is 0.353 e. The molecule has 1 N–H and O–H groups in total. The summed E-state index contributed by atoms with van der Waals surface area (Å²) in [5.41, 5.74) is 0.919. The van der Waals surface area contributed by atoms with Gasteiger partial charge in [-0.2, -0.15) is 4.98 Å². The van der Waals surface area contributed by atoms with E-state index in [-0.39, 0.29) is 5.91 Å². The van der Waals surface area contributed by atoms with Gasteiger partial charge < -0.3 is 9.84 Å². The number of hydrogen-bond acceptors (Lipinski definition) is 4. The fourth-order valence-corrected chi connectivity index (χ4v) is 3.09. The molecule has 1 fully saturated rings. The Bertz CT molecular complexity index is 639. The van der Waals surface area contributed by atoms with Crippen LogP contribution in [0.25, 0.3) is 11.4 Å². The third-order valence-electron chi connectivity index (χ3n) is 4.52. The minimum absolute atomic E-state index is 0.0724. The van der Waals surface area contributed by atoms with E-state index in [0.29, 0.717) is 36.5 Å². The molecule has 1 aliphatic rings. The number of aromatic nitrogens is 2. The Morgan fingerprint density at radius 1 is 1.26 bits per heavy atom. The number of benzene rings is 1. The van der Waals surface area contributed by atoms with Gasteiger partial charge in [0.25, 0.3) is 0 Å². The first kappa shape index (κ1) is 15.7. The van der Waals surface area contributed by atoms with Crippen LogP contribution in [-0.4, -0.2) is 22.1 Å². The Kier molecular flexibility index (Phi) is 5.05. The van der Waals surface area contributed by atoms with Crippen LogP contribution in [0.5, 0.6) is 0 Å². The zero-order valence-electron chi connectivity index (χ0n) is 13.5. The maximum absolute atomic E-state index is 12.1. The van der Waals surface area contributed by atoms with E-state index in [1.807, 2.05) is 30.3 Å². The van der Waals surface area contributed by atoms with Gasteiger partial charge in [-0.1, -0.05) is 55.3 Å². The number of aryl methyl sites for hydroxylation is 1. The minimum Gasteiger partial charge on any atom is -0.353 e. The Hall–Kier alpha value is -2.17. The van der Waals surface area contributed by atoms with Gasteiger partial charge >= 0.3 is 0 Å². The van der Waals surface area contributed by atoms with Crippen LogP contribution in [0.15, 0.2) is 34.9 Å². The maximum Gasteiger partial charge on any atom is 0.227 e. The van der Waals surface area contributed by atoms with E-state index in [9.17, 15) is 4.79 Å². The van der Waals surface area contributed by atoms with E-state index in [2.05, 4.69) is 22.4 Å². The summed E-state index contributed by atoms with van der Waals surface area (Å²) in [6, 6.07) is 10.0. The SMILES string of the molecule is C[C@@H]1CCCC[C@@H]1NC(=O)CCc1nc(-c2ccccc2)no1. The van der Waals surface area contributed by atoms with Crippen molar-refractivity contribution in [3.63, 3.8) is 0 Å². The molecule has 5 heteroatoms. The van der Waals surface area contributed by atoms with Gasteiger partial charge in [-0.3, -0.25) is 4.79 Å². The van der Waals surface area contributed by atoms with Gasteiger partial charge in [-0.25, -0.2) is 0 Å². The summed E-state index contributed by atoms with van der Waals surface area (Å²) in [4.78, 5) is 16.5. The van der Waals surface area contributed by atoms with Crippen LogP contribution in [0, 0.1) is 5.92 Å². The molecule has 5 nitrogen and oxygen atoms in total. The van der Waals surface area contributed by atoms with E-state index in [0.717, 1.165) is 12.0 Å². The van der Waals surface area contributed by atoms with Crippen LogP contribution in [0.1, 0.15) is 44.9 Å². The molecule has 1 aromatic heterocycles. The van der Waals surface area contributed by atoms with Gasteiger partial charge in [0, 0.05) is 24.4 Å². The highest BCUT2D eigenvalue weighted by Gasteiger charge is 2.22. The first-order chi connectivity index (χ1) is 11.2. The molecular weight excluding hydrogens is 290 g/mol. The van der Waals surface area contributed by atoms with Crippen LogP contribution < -0.4 is 5.32 Å². The zero-order valence-corrected chi connectivity index (χ0v) is 13.5. The first-order valence-corrected chi connectivity index (χ1v) is 8.40. The molecule has 0 spiro atoms. The molecule has 122 valence electrons. The monoisotopic (exact) mass is 313 g/mol. The molecule has 1 aliphatic carbocycles. The normalized spacial score (nSPS) is 21.1. The van der Waals surface area contributed by atoms with Crippen LogP contribution in [0.2, 0.25) is 0 Å². The van der Waals surface area contributed by atoms with E-state index in [4.69, 9.17) is 4.52 Å². The quantitative estimate of drug-likeness (QED) is 0.919. The summed E-state index contributed by atoms with van der Waals surface area (Å²) in [5.74, 6) is 1.72. The highest BCUT2D eigenvalue weighted by Crippen LogP contribution is 2.23. The summed E-state index contributed by atoms with van der Waals surface area (Å²) < 4.78 is 5.24. The van der Waals surface area contributed by atoms with Crippen molar-refractivity contribution in [3.8, 4) is 11.4 Å². The van der Waals surface area contributed by atoms with E-state index in [1.54, 1.807) is 0 Å². The van der Waals surface area contributed by atoms with Gasteiger partial charge in [0.15, 0.2) is 0 Å². The van der Waals surface area contributed by atoms with E-state index >= 15 is 0 Å². The standard InChI is InChI=1S/C18H23N3O2/c1-13-7-5-6-10-15(13)19-16(22)11-12-17-20-18(21-23-17)14-8-3-2-4-9-14/h2-4,8-9,13,15H,5-7,10-12H2,1H3,(H,19,22)/t13-,15+/m1/s1. The first-order valence-electron chi connectivity index (χ1n) is 8.40. The summed E-state index contributed by atoms with van der Waals surface area (Å²) in [5, 5.41) is 7.12. The van der Waals surface area contributed by atoms with Crippen molar-refractivity contribution in [1.82, 2.24) is 15.5 Å². The number of carbonyl (C=O) groups is 1. The third kappa shape index (κ3) is 4.18. The predicted octanol–water partition coefficient (Wildman–Crippen LogP) is 3.36. The maximum atomic E-state index is 12.1. The second-order valence-electron chi connectivity index (χ2n) is 6.31. The van der Waals surface area contributed by atoms with Crippen molar-refractivity contribution < 1.29 is 9.32 Å². The van der Waals surface area contributed by atoms with Crippen LogP contribution in [0.4, 0.5) is 0 Å². The number of nitrogens with one attached hydrogen (secondary N) is 1. The molecule has 0 bridgehead atoms. The zero-order chi connectivity index (χ0) is 16.1. The Balaban J connectivity index is 1.50. The smallest absolute Gasteiger partial charge is 0.227 e. The average molecular weight is 313 g/mol. The topological polar surface area (TPSA) is 68.0 Å². The molecule has 2 aromatic rings. The van der Waals surface area contributed by atoms with Crippen molar-refractivity contribution in [2.75, 3.05) is 0 Å². The van der Waals surface area contributed by atoms with Gasteiger partial charge in [0.2, 0.25) is 17.6 Å². The lowest BCUT2D eigenvalue weighted by Crippen LogP contribution is -2.41. The summed E-state index contributed by atoms with van der Waals surface area (Å²) >= 11 is 0. The molecule has 1 aromatic carbocycles. The van der Waals surface area contributed by atoms with E-state index < -0.39 is 0 Å². The molecule has 0 aliphatic heterocycles. The van der Waals surface area contributed by atoms with Crippen LogP contribution in [0.3, 0.4) is 0 Å². The van der Waals surface area contributed by atoms with Crippen molar-refractivity contribution in [3.05, 3.63) is 36.2 Å². The fraction of sp³-hybridized carbons (Fsp3) is 0.500. The number of nitrogens with zero attached hydrogens (tertiary/aromatic N) is 2. The second kappa shape index (κ2) is 7.40. The molecule has 1 saturated carbocycles.